The number of halogens is 1. The van der Waals surface area contributed by atoms with E-state index in [1.807, 2.05) is 29.6 Å². The molecule has 0 aliphatic carbocycles. The first kappa shape index (κ1) is 15.5. The molecule has 0 aliphatic heterocycles. The van der Waals surface area contributed by atoms with Gasteiger partial charge in [-0.15, -0.1) is 16.4 Å². The van der Waals surface area contributed by atoms with Gasteiger partial charge < -0.3 is 0 Å². The Morgan fingerprint density at radius 2 is 1.92 bits per heavy atom. The van der Waals surface area contributed by atoms with Crippen LogP contribution in [0.2, 0.25) is 5.02 Å². The maximum atomic E-state index is 6.32. The first-order valence-electron chi connectivity index (χ1n) is 8.03. The molecule has 0 fully saturated rings. The quantitative estimate of drug-likeness (QED) is 0.453. The van der Waals surface area contributed by atoms with E-state index in [1.165, 1.54) is 0 Å². The average molecular weight is 381 g/mol. The van der Waals surface area contributed by atoms with Crippen molar-refractivity contribution >= 4 is 39.6 Å². The van der Waals surface area contributed by atoms with Crippen LogP contribution in [0, 0.1) is 13.8 Å². The molecule has 0 N–H and O–H groups in total. The van der Waals surface area contributed by atoms with Crippen LogP contribution in [0.25, 0.3) is 33.2 Å². The van der Waals surface area contributed by atoms with Crippen molar-refractivity contribution < 1.29 is 0 Å². The van der Waals surface area contributed by atoms with Gasteiger partial charge in [-0.25, -0.2) is 19.5 Å². The Kier molecular flexibility index (Phi) is 3.35. The predicted octanol–water partition coefficient (Wildman–Crippen LogP) is 4.46. The zero-order valence-corrected chi connectivity index (χ0v) is 15.6. The minimum Gasteiger partial charge on any atom is -0.273 e. The zero-order valence-electron chi connectivity index (χ0n) is 14.0. The van der Waals surface area contributed by atoms with Crippen molar-refractivity contribution in [3.8, 4) is 16.5 Å². The number of rotatable bonds is 2. The third kappa shape index (κ3) is 2.11. The number of benzene rings is 1. The Hall–Kier alpha value is -2.77. The van der Waals surface area contributed by atoms with Crippen molar-refractivity contribution in [2.45, 2.75) is 13.8 Å². The van der Waals surface area contributed by atoms with Gasteiger partial charge in [-0.05, 0) is 31.5 Å². The van der Waals surface area contributed by atoms with Crippen molar-refractivity contribution in [3.63, 3.8) is 0 Å². The van der Waals surface area contributed by atoms with Gasteiger partial charge in [0.1, 0.15) is 6.33 Å². The summed E-state index contributed by atoms with van der Waals surface area (Å²) in [5.41, 5.74) is 4.62. The van der Waals surface area contributed by atoms with Crippen LogP contribution in [0.4, 0.5) is 0 Å². The van der Waals surface area contributed by atoms with Crippen LogP contribution in [0.5, 0.6) is 0 Å². The number of hydrogen-bond donors (Lipinski definition) is 0. The summed E-state index contributed by atoms with van der Waals surface area (Å²) in [5, 5.41) is 9.03. The molecule has 0 spiro atoms. The summed E-state index contributed by atoms with van der Waals surface area (Å²) in [5.74, 6) is 0.587. The predicted molar refractivity (Wildman–Crippen MR) is 103 cm³/mol. The van der Waals surface area contributed by atoms with Gasteiger partial charge in [-0.2, -0.15) is 0 Å². The maximum absolute atomic E-state index is 6.32. The molecule has 0 saturated carbocycles. The summed E-state index contributed by atoms with van der Waals surface area (Å²) in [4.78, 5) is 13.8. The molecular formula is C18H13ClN6S. The topological polar surface area (TPSA) is 60.9 Å². The van der Waals surface area contributed by atoms with E-state index in [9.17, 15) is 0 Å². The Balaban J connectivity index is 1.84. The lowest BCUT2D eigenvalue weighted by atomic mass is 10.2. The molecule has 0 aliphatic rings. The van der Waals surface area contributed by atoms with Gasteiger partial charge in [0, 0.05) is 22.8 Å². The number of hydrogen-bond acceptors (Lipinski definition) is 5. The lowest BCUT2D eigenvalue weighted by Gasteiger charge is -2.02. The molecule has 0 radical (unpaired) electrons. The third-order valence-corrected chi connectivity index (χ3v) is 5.64. The van der Waals surface area contributed by atoms with Crippen LogP contribution < -0.4 is 0 Å². The van der Waals surface area contributed by atoms with E-state index < -0.39 is 0 Å². The van der Waals surface area contributed by atoms with Crippen LogP contribution in [0.15, 0.2) is 42.2 Å². The highest BCUT2D eigenvalue weighted by molar-refractivity contribution is 7.12. The molecule has 8 heteroatoms. The largest absolute Gasteiger partial charge is 0.273 e. The lowest BCUT2D eigenvalue weighted by Crippen LogP contribution is -1.98. The average Bonchev–Trinajstić information content (AvgIpc) is 3.35. The highest BCUT2D eigenvalue weighted by Gasteiger charge is 2.20. The second-order valence-electron chi connectivity index (χ2n) is 5.99. The molecule has 26 heavy (non-hydrogen) atoms. The van der Waals surface area contributed by atoms with Gasteiger partial charge in [0.05, 0.1) is 10.4 Å². The molecule has 128 valence electrons. The maximum Gasteiger partial charge on any atom is 0.195 e. The first-order chi connectivity index (χ1) is 12.6. The van der Waals surface area contributed by atoms with Gasteiger partial charge in [0.25, 0.3) is 0 Å². The van der Waals surface area contributed by atoms with Crippen molar-refractivity contribution in [2.24, 2.45) is 0 Å². The van der Waals surface area contributed by atoms with E-state index in [2.05, 4.69) is 33.5 Å². The van der Waals surface area contributed by atoms with Crippen LogP contribution in [-0.2, 0) is 0 Å². The molecule has 0 bridgehead atoms. The Morgan fingerprint density at radius 1 is 1.08 bits per heavy atom. The minimum atomic E-state index is 0.587. The normalized spacial score (nSPS) is 11.7. The van der Waals surface area contributed by atoms with Crippen molar-refractivity contribution in [1.82, 2.24) is 29.1 Å². The SMILES string of the molecule is Cc1c(C)n(-c2nccs2)c2ncn3nc(-c4ccccc4Cl)nc3c12. The Morgan fingerprint density at radius 3 is 2.69 bits per heavy atom. The highest BCUT2D eigenvalue weighted by atomic mass is 35.5. The van der Waals surface area contributed by atoms with Gasteiger partial charge in [-0.1, -0.05) is 23.7 Å². The summed E-state index contributed by atoms with van der Waals surface area (Å²) >= 11 is 7.90. The van der Waals surface area contributed by atoms with Crippen LogP contribution in [-0.4, -0.2) is 29.1 Å². The van der Waals surface area contributed by atoms with Crippen molar-refractivity contribution in [1.29, 1.82) is 0 Å². The van der Waals surface area contributed by atoms with Gasteiger partial charge in [0.2, 0.25) is 0 Å². The van der Waals surface area contributed by atoms with Crippen LogP contribution in [0.1, 0.15) is 11.3 Å². The van der Waals surface area contributed by atoms with Crippen molar-refractivity contribution in [2.75, 3.05) is 0 Å². The van der Waals surface area contributed by atoms with Gasteiger partial charge >= 0.3 is 0 Å². The summed E-state index contributed by atoms with van der Waals surface area (Å²) in [6.45, 7) is 4.15. The Bertz CT molecular complexity index is 1270. The van der Waals surface area contributed by atoms with Gasteiger partial charge in [0.15, 0.2) is 22.3 Å². The zero-order chi connectivity index (χ0) is 17.8. The second-order valence-corrected chi connectivity index (χ2v) is 7.27. The van der Waals surface area contributed by atoms with Crippen molar-refractivity contribution in [3.05, 3.63) is 58.4 Å². The van der Waals surface area contributed by atoms with Gasteiger partial charge in [-0.3, -0.25) is 4.57 Å². The molecule has 5 rings (SSSR count). The summed E-state index contributed by atoms with van der Waals surface area (Å²) in [6, 6.07) is 7.57. The molecule has 6 nitrogen and oxygen atoms in total. The smallest absolute Gasteiger partial charge is 0.195 e. The summed E-state index contributed by atoms with van der Waals surface area (Å²) in [6.07, 6.45) is 3.49. The number of thiazole rings is 1. The van der Waals surface area contributed by atoms with E-state index in [0.29, 0.717) is 10.8 Å². The summed E-state index contributed by atoms with van der Waals surface area (Å²) < 4.78 is 3.78. The Labute approximate surface area is 157 Å². The van der Waals surface area contributed by atoms with E-state index in [4.69, 9.17) is 16.6 Å². The fraction of sp³-hybridized carbons (Fsp3) is 0.111. The fourth-order valence-electron chi connectivity index (χ4n) is 3.18. The minimum absolute atomic E-state index is 0.587. The molecule has 0 atom stereocenters. The number of aryl methyl sites for hydroxylation is 1. The molecule has 1 aromatic carbocycles. The molecule has 4 aromatic heterocycles. The van der Waals surface area contributed by atoms with Crippen LogP contribution in [0.3, 0.4) is 0 Å². The second kappa shape index (κ2) is 5.62. The highest BCUT2D eigenvalue weighted by Crippen LogP contribution is 2.32. The third-order valence-electron chi connectivity index (χ3n) is 4.56. The molecule has 0 unspecified atom stereocenters. The number of fused-ring (bicyclic) bond motifs is 3. The monoisotopic (exact) mass is 380 g/mol. The summed E-state index contributed by atoms with van der Waals surface area (Å²) in [7, 11) is 0. The van der Waals surface area contributed by atoms with E-state index in [-0.39, 0.29) is 0 Å². The van der Waals surface area contributed by atoms with E-state index >= 15 is 0 Å². The van der Waals surface area contributed by atoms with E-state index in [0.717, 1.165) is 38.6 Å². The standard InChI is InChI=1S/C18H13ClN6S/c1-10-11(2)25(18-20-7-8-26-18)16-14(10)17-22-15(23-24(17)9-21-16)12-5-3-4-6-13(12)19/h3-9H,1-2H3. The first-order valence-corrected chi connectivity index (χ1v) is 9.28. The molecule has 5 aromatic rings. The lowest BCUT2D eigenvalue weighted by molar-refractivity contribution is 0.925. The number of nitrogens with zero attached hydrogens (tertiary/aromatic N) is 6. The fourth-order valence-corrected chi connectivity index (χ4v) is 4.09. The van der Waals surface area contributed by atoms with E-state index in [1.54, 1.807) is 28.4 Å². The van der Waals surface area contributed by atoms with Crippen LogP contribution >= 0.6 is 22.9 Å². The number of aromatic nitrogens is 6. The molecule has 0 amide bonds. The molecular weight excluding hydrogens is 368 g/mol. The molecule has 0 saturated heterocycles. The molecule has 4 heterocycles.